The number of phosphoric acid groups is 2. The van der Waals surface area contributed by atoms with Gasteiger partial charge in [-0.3, -0.25) is 23.4 Å². The Labute approximate surface area is 259 Å². The van der Waals surface area contributed by atoms with Gasteiger partial charge in [0.1, 0.15) is 24.9 Å². The van der Waals surface area contributed by atoms with Crippen LogP contribution in [0.4, 0.5) is 5.95 Å². The fourth-order valence-corrected chi connectivity index (χ4v) is 7.13. The van der Waals surface area contributed by atoms with E-state index in [1.54, 1.807) is 10.8 Å². The number of phosphoric ester groups is 2. The number of aromatic amines is 1. The van der Waals surface area contributed by atoms with Crippen LogP contribution in [-0.4, -0.2) is 74.0 Å². The summed E-state index contributed by atoms with van der Waals surface area (Å²) in [7, 11) is -10.4. The predicted octanol–water partition coefficient (Wildman–Crippen LogP) is 1.36. The molecule has 1 aliphatic heterocycles. The first-order chi connectivity index (χ1) is 21.9. The quantitative estimate of drug-likeness (QED) is 0.102. The fourth-order valence-electron chi connectivity index (χ4n) is 5.08. The highest BCUT2D eigenvalue weighted by Crippen LogP contribution is 2.60. The Morgan fingerprint density at radius 3 is 2.59 bits per heavy atom. The zero-order chi connectivity index (χ0) is 32.6. The average Bonchev–Trinajstić information content (AvgIpc) is 3.71. The van der Waals surface area contributed by atoms with Crippen molar-refractivity contribution in [2.75, 3.05) is 12.3 Å². The Hall–Kier alpha value is -3.80. The van der Waals surface area contributed by atoms with Crippen molar-refractivity contribution in [3.8, 4) is 0 Å². The molecule has 1 fully saturated rings. The molecule has 6 atom stereocenters. The number of hydrogen-bond acceptors (Lipinski definition) is 13. The maximum atomic E-state index is 12.5. The highest BCUT2D eigenvalue weighted by molar-refractivity contribution is 7.61. The lowest BCUT2D eigenvalue weighted by Crippen LogP contribution is -2.33. The number of nitrogens with zero attached hydrogens (tertiary/aromatic N) is 5. The van der Waals surface area contributed by atoms with Gasteiger partial charge in [-0.05, 0) is 22.8 Å². The third-order valence-electron chi connectivity index (χ3n) is 7.25. The molecule has 0 saturated carbocycles. The van der Waals surface area contributed by atoms with E-state index < -0.39 is 59.0 Å². The molecule has 2 aromatic carbocycles. The maximum absolute atomic E-state index is 12.5. The molecule has 0 bridgehead atoms. The number of anilines is 1. The molecule has 0 amide bonds. The molecule has 1 aliphatic rings. The summed E-state index contributed by atoms with van der Waals surface area (Å²) in [5.74, 6) is -0.230. The number of rotatable bonds is 12. The highest BCUT2D eigenvalue weighted by Gasteiger charge is 2.46. The molecular weight excluding hydrogens is 648 g/mol. The second kappa shape index (κ2) is 12.8. The topological polar surface area (TPSA) is 259 Å². The first-order valence-electron chi connectivity index (χ1n) is 13.8. The van der Waals surface area contributed by atoms with Crippen LogP contribution in [0.1, 0.15) is 17.5 Å². The minimum Gasteiger partial charge on any atom is -0.387 e. The molecule has 1 saturated heterocycles. The lowest BCUT2D eigenvalue weighted by Gasteiger charge is -2.19. The smallest absolute Gasteiger partial charge is 0.387 e. The lowest BCUT2D eigenvalue weighted by atomic mass is 10.0. The number of aliphatic hydroxyl groups is 2. The molecular formula is C26H29N7O11P2. The summed E-state index contributed by atoms with van der Waals surface area (Å²) in [6, 6.07) is 14.1. The van der Waals surface area contributed by atoms with Crippen LogP contribution >= 0.6 is 15.6 Å². The molecule has 6 rings (SSSR count). The monoisotopic (exact) mass is 677 g/mol. The maximum Gasteiger partial charge on any atom is 0.481 e. The van der Waals surface area contributed by atoms with Crippen molar-refractivity contribution in [1.29, 1.82) is 0 Å². The molecule has 0 aliphatic carbocycles. The number of imidazole rings is 2. The largest absolute Gasteiger partial charge is 0.481 e. The van der Waals surface area contributed by atoms with Gasteiger partial charge in [-0.2, -0.15) is 9.29 Å². The molecule has 5 aromatic rings. The van der Waals surface area contributed by atoms with Crippen molar-refractivity contribution in [3.63, 3.8) is 0 Å². The van der Waals surface area contributed by atoms with Crippen molar-refractivity contribution in [2.24, 2.45) is 0 Å². The minimum absolute atomic E-state index is 0.0525. The second-order valence-corrected chi connectivity index (χ2v) is 13.4. The van der Waals surface area contributed by atoms with Crippen molar-refractivity contribution in [1.82, 2.24) is 29.1 Å². The van der Waals surface area contributed by atoms with E-state index in [1.165, 1.54) is 6.33 Å². The SMILES string of the molecule is Nc1nc2c(ncn2[C@@H]2O[C@H](COP(=O)(O)OP(=O)(O)OCc3cn(CCc4cccc5ccccc45)cn3)[C@@H](O)[C@H]2O)c(=O)[nH]1. The summed E-state index contributed by atoms with van der Waals surface area (Å²) in [6.07, 6.45) is -1.09. The fraction of sp³-hybridized carbons (Fsp3) is 0.308. The number of H-pyrrole nitrogens is 1. The molecule has 20 heteroatoms. The molecule has 244 valence electrons. The number of fused-ring (bicyclic) bond motifs is 2. The van der Waals surface area contributed by atoms with Gasteiger partial charge in [0, 0.05) is 12.7 Å². The van der Waals surface area contributed by atoms with Gasteiger partial charge in [-0.1, -0.05) is 42.5 Å². The summed E-state index contributed by atoms with van der Waals surface area (Å²) in [5.41, 5.74) is 6.17. The number of aryl methyl sites for hydroxylation is 2. The van der Waals surface area contributed by atoms with Gasteiger partial charge < -0.3 is 35.0 Å². The van der Waals surface area contributed by atoms with Crippen LogP contribution in [-0.2, 0) is 46.8 Å². The Balaban J connectivity index is 1.01. The van der Waals surface area contributed by atoms with Gasteiger partial charge in [0.2, 0.25) is 5.95 Å². The number of nitrogens with two attached hydrogens (primary N) is 1. The zero-order valence-corrected chi connectivity index (χ0v) is 25.6. The lowest BCUT2D eigenvalue weighted by molar-refractivity contribution is -0.0504. The van der Waals surface area contributed by atoms with E-state index in [1.807, 2.05) is 42.5 Å². The Kier molecular flexibility index (Phi) is 8.93. The van der Waals surface area contributed by atoms with Crippen LogP contribution in [0.25, 0.3) is 21.9 Å². The predicted molar refractivity (Wildman–Crippen MR) is 160 cm³/mol. The molecule has 46 heavy (non-hydrogen) atoms. The van der Waals surface area contributed by atoms with Crippen LogP contribution in [0.3, 0.4) is 0 Å². The Bertz CT molecular complexity index is 2030. The van der Waals surface area contributed by atoms with Gasteiger partial charge in [-0.15, -0.1) is 0 Å². The Morgan fingerprint density at radius 2 is 1.76 bits per heavy atom. The highest BCUT2D eigenvalue weighted by atomic mass is 31.3. The normalized spacial score (nSPS) is 22.7. The zero-order valence-electron chi connectivity index (χ0n) is 23.8. The number of nitrogen functional groups attached to an aromatic ring is 1. The summed E-state index contributed by atoms with van der Waals surface area (Å²) >= 11 is 0. The van der Waals surface area contributed by atoms with E-state index in [0.717, 1.165) is 27.2 Å². The van der Waals surface area contributed by atoms with Gasteiger partial charge in [0.05, 0.1) is 25.0 Å². The third kappa shape index (κ3) is 6.96. The van der Waals surface area contributed by atoms with E-state index >= 15 is 0 Å². The molecule has 2 unspecified atom stereocenters. The number of aromatic nitrogens is 6. The van der Waals surface area contributed by atoms with Gasteiger partial charge in [-0.25, -0.2) is 19.1 Å². The first kappa shape index (κ1) is 32.2. The van der Waals surface area contributed by atoms with E-state index in [0.29, 0.717) is 13.0 Å². The number of hydrogen-bond donors (Lipinski definition) is 6. The first-order valence-corrected chi connectivity index (χ1v) is 16.8. The molecule has 3 aromatic heterocycles. The summed E-state index contributed by atoms with van der Waals surface area (Å²) in [5, 5.41) is 23.2. The van der Waals surface area contributed by atoms with Crippen molar-refractivity contribution in [2.45, 2.75) is 44.1 Å². The number of nitrogens with one attached hydrogen (secondary N) is 1. The molecule has 18 nitrogen and oxygen atoms in total. The minimum atomic E-state index is -5.26. The van der Waals surface area contributed by atoms with E-state index in [2.05, 4.69) is 24.2 Å². The standard InChI is InChI=1S/C26H29N7O11P2/c27-26-30-23-20(24(36)31-26)29-14-33(23)25-22(35)21(34)19(43-25)12-42-46(39,40)44-45(37,38)41-11-17-10-32(13-28-17)9-8-16-6-3-5-15-4-1-2-7-18(15)16/h1-7,10,13-14,19,21-22,25,34-35H,8-9,11-12H2,(H,37,38)(H,39,40)(H3,27,30,31,36)/t19-,21-,22-,25-/m1/s1. The van der Waals surface area contributed by atoms with Crippen molar-refractivity contribution >= 4 is 43.5 Å². The van der Waals surface area contributed by atoms with Gasteiger partial charge >= 0.3 is 15.6 Å². The van der Waals surface area contributed by atoms with Crippen LogP contribution in [0.5, 0.6) is 0 Å². The molecule has 0 radical (unpaired) electrons. The third-order valence-corrected chi connectivity index (χ3v) is 9.83. The Morgan fingerprint density at radius 1 is 1.00 bits per heavy atom. The van der Waals surface area contributed by atoms with Crippen LogP contribution in [0.15, 0.2) is 66.1 Å². The number of aliphatic hydroxyl groups excluding tert-OH is 2. The second-order valence-electron chi connectivity index (χ2n) is 10.4. The van der Waals surface area contributed by atoms with E-state index in [9.17, 15) is 33.9 Å². The van der Waals surface area contributed by atoms with Crippen LogP contribution in [0, 0.1) is 0 Å². The number of ether oxygens (including phenoxy) is 1. The molecule has 7 N–H and O–H groups in total. The van der Waals surface area contributed by atoms with Gasteiger partial charge in [0.25, 0.3) is 5.56 Å². The molecule has 4 heterocycles. The molecule has 0 spiro atoms. The summed E-state index contributed by atoms with van der Waals surface area (Å²) in [4.78, 5) is 46.4. The van der Waals surface area contributed by atoms with Crippen molar-refractivity contribution in [3.05, 3.63) is 82.9 Å². The number of benzene rings is 2. The van der Waals surface area contributed by atoms with Crippen LogP contribution < -0.4 is 11.3 Å². The van der Waals surface area contributed by atoms with Crippen molar-refractivity contribution < 1.29 is 47.2 Å². The average molecular weight is 678 g/mol. The van der Waals surface area contributed by atoms with E-state index in [4.69, 9.17) is 19.5 Å². The van der Waals surface area contributed by atoms with E-state index in [-0.39, 0.29) is 22.8 Å². The summed E-state index contributed by atoms with van der Waals surface area (Å²) < 4.78 is 47.4. The summed E-state index contributed by atoms with van der Waals surface area (Å²) in [6.45, 7) is -0.807. The van der Waals surface area contributed by atoms with Crippen LogP contribution in [0.2, 0.25) is 0 Å². The van der Waals surface area contributed by atoms with Gasteiger partial charge in [0.15, 0.2) is 17.4 Å².